The third kappa shape index (κ3) is 5.58. The van der Waals surface area contributed by atoms with E-state index in [4.69, 9.17) is 0 Å². The van der Waals surface area contributed by atoms with Crippen LogP contribution in [0.5, 0.6) is 5.75 Å². The summed E-state index contributed by atoms with van der Waals surface area (Å²) in [5.41, 5.74) is 1.30. The third-order valence-electron chi connectivity index (χ3n) is 5.40. The molecule has 1 rings (SSSR count). The van der Waals surface area contributed by atoms with Gasteiger partial charge in [-0.15, -0.1) is 0 Å². The van der Waals surface area contributed by atoms with Crippen molar-refractivity contribution in [3.8, 4) is 5.75 Å². The Morgan fingerprint density at radius 3 is 1.74 bits per heavy atom. The predicted molar refractivity (Wildman–Crippen MR) is 103 cm³/mol. The van der Waals surface area contributed by atoms with E-state index in [1.165, 1.54) is 13.0 Å². The molecule has 0 heterocycles. The Hall–Kier alpha value is -1.54. The Balaban J connectivity index is 3.06. The second kappa shape index (κ2) is 10.1. The molecule has 0 radical (unpaired) electrons. The minimum Gasteiger partial charge on any atom is -0.507 e. The largest absolute Gasteiger partial charge is 0.507 e. The number of phenols is 1. The number of aryl methyl sites for hydroxylation is 1. The molecule has 0 aliphatic rings. The monoisotopic (exact) mass is 556 g/mol. The molecule has 0 aliphatic carbocycles. The SMILES string of the molecule is CCC(C)c1cc(C)c(O)c(CSCCC(F)(F)C(F)(F)C(F)(F)C(F)(F)C(F)(F)C(F)(F)F)c1. The Labute approximate surface area is 196 Å². The van der Waals surface area contributed by atoms with Crippen molar-refractivity contribution in [1.29, 1.82) is 0 Å². The molecule has 15 heteroatoms. The van der Waals surface area contributed by atoms with Crippen molar-refractivity contribution in [2.24, 2.45) is 0 Å². The highest BCUT2D eigenvalue weighted by molar-refractivity contribution is 7.98. The van der Waals surface area contributed by atoms with Gasteiger partial charge in [0.05, 0.1) is 0 Å². The molecule has 1 N–H and O–H groups in total. The first-order valence-electron chi connectivity index (χ1n) is 9.85. The summed E-state index contributed by atoms with van der Waals surface area (Å²) in [5.74, 6) is -38.4. The van der Waals surface area contributed by atoms with E-state index in [0.717, 1.165) is 5.56 Å². The average molecular weight is 556 g/mol. The topological polar surface area (TPSA) is 20.2 Å². The zero-order valence-corrected chi connectivity index (χ0v) is 19.1. The summed E-state index contributed by atoms with van der Waals surface area (Å²) in [6.45, 7) is 5.21. The molecule has 1 atom stereocenters. The van der Waals surface area contributed by atoms with Crippen molar-refractivity contribution < 1.29 is 62.2 Å². The first-order valence-corrected chi connectivity index (χ1v) is 11.0. The lowest BCUT2D eigenvalue weighted by Crippen LogP contribution is -2.70. The Bertz CT molecular complexity index is 881. The Morgan fingerprint density at radius 1 is 0.800 bits per heavy atom. The van der Waals surface area contributed by atoms with Crippen LogP contribution in [0.3, 0.4) is 0 Å². The van der Waals surface area contributed by atoms with Crippen molar-refractivity contribution in [1.82, 2.24) is 0 Å². The zero-order valence-electron chi connectivity index (χ0n) is 18.3. The summed E-state index contributed by atoms with van der Waals surface area (Å²) < 4.78 is 171. The highest BCUT2D eigenvalue weighted by Crippen LogP contribution is 2.60. The van der Waals surface area contributed by atoms with Crippen molar-refractivity contribution in [3.63, 3.8) is 0 Å². The minimum atomic E-state index is -7.89. The van der Waals surface area contributed by atoms with Gasteiger partial charge in [0.1, 0.15) is 5.75 Å². The number of thioether (sulfide) groups is 1. The van der Waals surface area contributed by atoms with Crippen LogP contribution in [0.4, 0.5) is 57.1 Å². The molecule has 0 saturated heterocycles. The minimum absolute atomic E-state index is 0.0137. The maximum absolute atomic E-state index is 13.8. The van der Waals surface area contributed by atoms with Crippen molar-refractivity contribution in [3.05, 3.63) is 28.8 Å². The Morgan fingerprint density at radius 2 is 1.29 bits per heavy atom. The molecule has 1 unspecified atom stereocenters. The van der Waals surface area contributed by atoms with Crippen molar-refractivity contribution in [2.45, 2.75) is 81.1 Å². The number of hydrogen-bond acceptors (Lipinski definition) is 2. The fraction of sp³-hybridized carbons (Fsp3) is 0.700. The van der Waals surface area contributed by atoms with Crippen LogP contribution in [0, 0.1) is 6.92 Å². The smallest absolute Gasteiger partial charge is 0.460 e. The first kappa shape index (κ1) is 31.5. The van der Waals surface area contributed by atoms with Gasteiger partial charge in [-0.2, -0.15) is 68.8 Å². The van der Waals surface area contributed by atoms with Gasteiger partial charge < -0.3 is 5.11 Å². The van der Waals surface area contributed by atoms with Gasteiger partial charge in [0.25, 0.3) is 0 Å². The molecule has 1 aromatic carbocycles. The van der Waals surface area contributed by atoms with Gasteiger partial charge in [0.15, 0.2) is 0 Å². The van der Waals surface area contributed by atoms with Crippen LogP contribution in [0.15, 0.2) is 12.1 Å². The van der Waals surface area contributed by atoms with Crippen LogP contribution in [0.1, 0.15) is 49.3 Å². The fourth-order valence-electron chi connectivity index (χ4n) is 2.85. The zero-order chi connectivity index (χ0) is 27.8. The average Bonchev–Trinajstić information content (AvgIpc) is 2.71. The van der Waals surface area contributed by atoms with Gasteiger partial charge in [0.2, 0.25) is 0 Å². The van der Waals surface area contributed by atoms with Crippen molar-refractivity contribution in [2.75, 3.05) is 5.75 Å². The molecule has 0 bridgehead atoms. The highest BCUT2D eigenvalue weighted by Gasteiger charge is 2.90. The highest BCUT2D eigenvalue weighted by atomic mass is 32.2. The molecule has 0 aromatic heterocycles. The molecule has 1 aromatic rings. The summed E-state index contributed by atoms with van der Waals surface area (Å²) in [7, 11) is 0. The normalized spacial score (nSPS) is 15.4. The number of aromatic hydroxyl groups is 1. The molecule has 0 fully saturated rings. The van der Waals surface area contributed by atoms with Crippen molar-refractivity contribution >= 4 is 11.8 Å². The summed E-state index contributed by atoms with van der Waals surface area (Å²) >= 11 is 0.394. The van der Waals surface area contributed by atoms with Gasteiger partial charge in [-0.05, 0) is 36.1 Å². The number of benzene rings is 1. The van der Waals surface area contributed by atoms with Crippen LogP contribution in [-0.4, -0.2) is 46.6 Å². The summed E-state index contributed by atoms with van der Waals surface area (Å²) in [6, 6.07) is 3.13. The number of alkyl halides is 13. The quantitative estimate of drug-likeness (QED) is 0.218. The molecule has 0 spiro atoms. The van der Waals surface area contributed by atoms with Gasteiger partial charge in [-0.25, -0.2) is 0 Å². The number of halogens is 13. The van der Waals surface area contributed by atoms with E-state index in [2.05, 4.69) is 0 Å². The lowest BCUT2D eigenvalue weighted by molar-refractivity contribution is -0.439. The van der Waals surface area contributed by atoms with Gasteiger partial charge in [0, 0.05) is 17.7 Å². The van der Waals surface area contributed by atoms with Crippen LogP contribution in [-0.2, 0) is 5.75 Å². The fourth-order valence-corrected chi connectivity index (χ4v) is 3.84. The van der Waals surface area contributed by atoms with E-state index in [-0.39, 0.29) is 23.0 Å². The molecule has 0 aliphatic heterocycles. The number of rotatable bonds is 11. The van der Waals surface area contributed by atoms with E-state index < -0.39 is 48.0 Å². The van der Waals surface area contributed by atoms with E-state index in [1.807, 2.05) is 13.8 Å². The standard InChI is InChI=1S/C20H21F13OS/c1-4-10(2)12-7-11(3)14(34)13(8-12)9-35-6-5-15(21,22)16(23,24)17(25,26)18(27,28)19(29,30)20(31,32)33/h7-8,10,34H,4-6,9H2,1-3H3. The summed E-state index contributed by atoms with van der Waals surface area (Å²) in [4.78, 5) is 0. The molecule has 1 nitrogen and oxygen atoms in total. The number of hydrogen-bond donors (Lipinski definition) is 1. The lowest BCUT2D eigenvalue weighted by atomic mass is 9.93. The van der Waals surface area contributed by atoms with E-state index in [1.54, 1.807) is 6.07 Å². The van der Waals surface area contributed by atoms with Gasteiger partial charge >= 0.3 is 35.8 Å². The lowest BCUT2D eigenvalue weighted by Gasteiger charge is -2.39. The Kier molecular flexibility index (Phi) is 9.07. The van der Waals surface area contributed by atoms with E-state index in [9.17, 15) is 62.2 Å². The number of phenolic OH excluding ortho intramolecular Hbond substituents is 1. The maximum Gasteiger partial charge on any atom is 0.460 e. The molecule has 204 valence electrons. The third-order valence-corrected chi connectivity index (χ3v) is 6.41. The molecule has 35 heavy (non-hydrogen) atoms. The summed E-state index contributed by atoms with van der Waals surface area (Å²) in [6.07, 6.45) is -9.01. The van der Waals surface area contributed by atoms with Crippen LogP contribution < -0.4 is 0 Å². The van der Waals surface area contributed by atoms with E-state index in [0.29, 0.717) is 23.7 Å². The van der Waals surface area contributed by atoms with E-state index >= 15 is 0 Å². The second-order valence-corrected chi connectivity index (χ2v) is 9.06. The second-order valence-electron chi connectivity index (χ2n) is 7.96. The first-order chi connectivity index (χ1) is 15.5. The molecular formula is C20H21F13OS. The maximum atomic E-state index is 13.8. The predicted octanol–water partition coefficient (Wildman–Crippen LogP) is 8.58. The summed E-state index contributed by atoms with van der Waals surface area (Å²) in [5, 5.41) is 10.1. The molecular weight excluding hydrogens is 535 g/mol. The van der Waals surface area contributed by atoms with Crippen LogP contribution in [0.25, 0.3) is 0 Å². The van der Waals surface area contributed by atoms with Crippen LogP contribution in [0.2, 0.25) is 0 Å². The molecule has 0 saturated carbocycles. The van der Waals surface area contributed by atoms with Gasteiger partial charge in [-0.1, -0.05) is 26.0 Å². The van der Waals surface area contributed by atoms with Gasteiger partial charge in [-0.3, -0.25) is 0 Å². The molecule has 0 amide bonds. The van der Waals surface area contributed by atoms with Crippen LogP contribution >= 0.6 is 11.8 Å².